The Labute approximate surface area is 46.5 Å². The van der Waals surface area contributed by atoms with Gasteiger partial charge in [0.1, 0.15) is 0 Å². The van der Waals surface area contributed by atoms with E-state index in [1.165, 1.54) is 0 Å². The van der Waals surface area contributed by atoms with Gasteiger partial charge in [0.15, 0.2) is 0 Å². The molecule has 0 aliphatic heterocycles. The molecule has 0 amide bonds. The van der Waals surface area contributed by atoms with Crippen molar-refractivity contribution in [1.29, 1.82) is 0 Å². The summed E-state index contributed by atoms with van der Waals surface area (Å²) in [5.41, 5.74) is 0. The van der Waals surface area contributed by atoms with Crippen molar-refractivity contribution in [3.05, 3.63) is 0 Å². The SMILES string of the molecule is [O-2].[O-2].[S+2].[Ti+4]. The number of hydrogen-bond donors (Lipinski definition) is 0. The molecular weight excluding hydrogens is 112 g/mol. The molecule has 0 bridgehead atoms. The van der Waals surface area contributed by atoms with Crippen LogP contribution in [0.15, 0.2) is 0 Å². The minimum Gasteiger partial charge on any atom is -2.00 e. The normalized spacial score (nSPS) is 0. The zero-order chi connectivity index (χ0) is 0. The summed E-state index contributed by atoms with van der Waals surface area (Å²) in [6, 6.07) is 0. The van der Waals surface area contributed by atoms with Gasteiger partial charge in [0, 0.05) is 0 Å². The van der Waals surface area contributed by atoms with E-state index in [4.69, 9.17) is 0 Å². The second-order valence-electron chi connectivity index (χ2n) is 0. The molecule has 0 atom stereocenters. The fraction of sp³-hybridized carbons (Fsp3) is 0. The van der Waals surface area contributed by atoms with Gasteiger partial charge < -0.3 is 11.0 Å². The Morgan fingerprint density at radius 2 is 0.750 bits per heavy atom. The van der Waals surface area contributed by atoms with Crippen molar-refractivity contribution in [1.82, 2.24) is 0 Å². The van der Waals surface area contributed by atoms with Gasteiger partial charge in [-0.2, -0.15) is 0 Å². The predicted molar refractivity (Wildman–Crippen MR) is 8.74 cm³/mol. The first-order valence-electron chi connectivity index (χ1n) is 0. The van der Waals surface area contributed by atoms with Crippen molar-refractivity contribution in [2.75, 3.05) is 0 Å². The van der Waals surface area contributed by atoms with Gasteiger partial charge in [-0.1, -0.05) is 0 Å². The van der Waals surface area contributed by atoms with Gasteiger partial charge in [0.25, 0.3) is 0 Å². The Bertz CT molecular complexity index is 6.00. The molecule has 0 fully saturated rings. The number of rotatable bonds is 0. The van der Waals surface area contributed by atoms with Crippen LogP contribution in [0.4, 0.5) is 0 Å². The summed E-state index contributed by atoms with van der Waals surface area (Å²) in [4.78, 5) is 0. The summed E-state index contributed by atoms with van der Waals surface area (Å²) in [7, 11) is 0. The molecule has 0 aromatic heterocycles. The fourth-order valence-corrected chi connectivity index (χ4v) is 0. The van der Waals surface area contributed by atoms with Crippen LogP contribution in [0.25, 0.3) is 0 Å². The van der Waals surface area contributed by atoms with E-state index in [-0.39, 0.29) is 46.2 Å². The molecular formula is O2STi+2. The van der Waals surface area contributed by atoms with E-state index >= 15 is 0 Å². The van der Waals surface area contributed by atoms with E-state index in [2.05, 4.69) is 0 Å². The molecule has 0 heterocycles. The van der Waals surface area contributed by atoms with Crippen LogP contribution in [-0.4, -0.2) is 0 Å². The Morgan fingerprint density at radius 1 is 0.750 bits per heavy atom. The Balaban J connectivity index is 0. The smallest absolute Gasteiger partial charge is 2.00 e. The molecule has 0 saturated carbocycles. The maximum Gasteiger partial charge on any atom is 4.00 e. The molecule has 20 valence electrons. The van der Waals surface area contributed by atoms with Crippen LogP contribution in [-0.2, 0) is 46.2 Å². The van der Waals surface area contributed by atoms with Crippen LogP contribution < -0.4 is 0 Å². The van der Waals surface area contributed by atoms with Gasteiger partial charge >= 0.3 is 35.2 Å². The van der Waals surface area contributed by atoms with Gasteiger partial charge in [-0.3, -0.25) is 0 Å². The topological polar surface area (TPSA) is 57.0 Å². The van der Waals surface area contributed by atoms with Crippen molar-refractivity contribution in [3.8, 4) is 0 Å². The molecule has 4 heavy (non-hydrogen) atoms. The van der Waals surface area contributed by atoms with E-state index < -0.39 is 0 Å². The second-order valence-corrected chi connectivity index (χ2v) is 0. The van der Waals surface area contributed by atoms with E-state index in [0.717, 1.165) is 0 Å². The van der Waals surface area contributed by atoms with Gasteiger partial charge in [-0.15, -0.1) is 0 Å². The standard InChI is InChI=1S/2O.S.Ti/q2*-2;+2;+4. The summed E-state index contributed by atoms with van der Waals surface area (Å²) in [5.74, 6) is 0. The van der Waals surface area contributed by atoms with Gasteiger partial charge in [-0.25, -0.2) is 0 Å². The van der Waals surface area contributed by atoms with E-state index in [9.17, 15) is 0 Å². The average Bonchev–Trinajstić information content (AvgIpc) is 0. The average molecular weight is 112 g/mol. The van der Waals surface area contributed by atoms with Crippen LogP contribution in [0.2, 0.25) is 0 Å². The molecule has 2 nitrogen and oxygen atoms in total. The van der Waals surface area contributed by atoms with Crippen LogP contribution in [0.1, 0.15) is 0 Å². The van der Waals surface area contributed by atoms with Gasteiger partial charge in [-0.05, 0) is 0 Å². The quantitative estimate of drug-likeness (QED) is 0.388. The minimum absolute atomic E-state index is 0. The summed E-state index contributed by atoms with van der Waals surface area (Å²) in [6.07, 6.45) is 0. The van der Waals surface area contributed by atoms with Crippen LogP contribution >= 0.6 is 0 Å². The molecule has 0 saturated heterocycles. The molecule has 0 aliphatic rings. The minimum atomic E-state index is 0. The molecule has 4 radical (unpaired) electrons. The summed E-state index contributed by atoms with van der Waals surface area (Å²) < 4.78 is 0. The third-order valence-electron chi connectivity index (χ3n) is 0. The molecule has 0 spiro atoms. The fourth-order valence-electron chi connectivity index (χ4n) is 0. The monoisotopic (exact) mass is 112 g/mol. The summed E-state index contributed by atoms with van der Waals surface area (Å²) in [5, 5.41) is 0. The third kappa shape index (κ3) is 12.1. The molecule has 4 heteroatoms. The van der Waals surface area contributed by atoms with Crippen molar-refractivity contribution >= 4 is 13.5 Å². The molecule has 0 aromatic carbocycles. The zero-order valence-corrected chi connectivity index (χ0v) is 4.10. The predicted octanol–water partition coefficient (Wildman–Crippen LogP) is -0.243. The zero-order valence-electron chi connectivity index (χ0n) is 1.72. The van der Waals surface area contributed by atoms with Crippen LogP contribution in [0, 0.1) is 0 Å². The maximum absolute atomic E-state index is 0. The van der Waals surface area contributed by atoms with Crippen LogP contribution in [0.3, 0.4) is 0 Å². The molecule has 0 unspecified atom stereocenters. The van der Waals surface area contributed by atoms with Crippen molar-refractivity contribution < 1.29 is 32.7 Å². The summed E-state index contributed by atoms with van der Waals surface area (Å²) >= 11 is 0. The molecule has 0 N–H and O–H groups in total. The Morgan fingerprint density at radius 3 is 0.750 bits per heavy atom. The largest absolute Gasteiger partial charge is 4.00 e. The third-order valence-corrected chi connectivity index (χ3v) is 0. The second kappa shape index (κ2) is 36.6. The molecule has 0 aliphatic carbocycles. The first-order valence-corrected chi connectivity index (χ1v) is 0. The van der Waals surface area contributed by atoms with Gasteiger partial charge in [0.05, 0.1) is 0 Å². The first kappa shape index (κ1) is 81.7. The molecule has 0 rings (SSSR count). The van der Waals surface area contributed by atoms with E-state index in [0.29, 0.717) is 0 Å². The first-order chi connectivity index (χ1) is 0. The summed E-state index contributed by atoms with van der Waals surface area (Å²) in [6.45, 7) is 0. The van der Waals surface area contributed by atoms with Crippen molar-refractivity contribution in [3.63, 3.8) is 0 Å². The van der Waals surface area contributed by atoms with E-state index in [1.807, 2.05) is 0 Å². The Hall–Kier alpha value is 0.984. The van der Waals surface area contributed by atoms with Crippen molar-refractivity contribution in [2.45, 2.75) is 0 Å². The van der Waals surface area contributed by atoms with Crippen molar-refractivity contribution in [2.24, 2.45) is 0 Å². The Kier molecular flexibility index (Phi) is 748. The number of hydrogen-bond acceptors (Lipinski definition) is 0. The van der Waals surface area contributed by atoms with E-state index in [1.54, 1.807) is 0 Å². The van der Waals surface area contributed by atoms with Crippen LogP contribution in [0.5, 0.6) is 0 Å². The van der Waals surface area contributed by atoms with Gasteiger partial charge in [0.2, 0.25) is 0 Å². The molecule has 0 aromatic rings. The maximum atomic E-state index is 0.